The van der Waals surface area contributed by atoms with Crippen LogP contribution in [0.15, 0.2) is 4.52 Å². The zero-order valence-electron chi connectivity index (χ0n) is 17.4. The Kier molecular flexibility index (Phi) is 5.64. The Morgan fingerprint density at radius 1 is 1.23 bits per heavy atom. The number of amides is 1. The van der Waals surface area contributed by atoms with E-state index in [2.05, 4.69) is 15.4 Å². The van der Waals surface area contributed by atoms with Gasteiger partial charge < -0.3 is 18.7 Å². The van der Waals surface area contributed by atoms with E-state index in [1.807, 2.05) is 4.57 Å². The van der Waals surface area contributed by atoms with Crippen LogP contribution in [0.5, 0.6) is 0 Å². The predicted molar refractivity (Wildman–Crippen MR) is 105 cm³/mol. The molecular formula is C18H26N6O5S. The normalized spacial score (nSPS) is 20.4. The highest BCUT2D eigenvalue weighted by atomic mass is 32.2. The van der Waals surface area contributed by atoms with E-state index in [4.69, 9.17) is 9.26 Å². The molecule has 11 nitrogen and oxygen atoms in total. The summed E-state index contributed by atoms with van der Waals surface area (Å²) in [6, 6.07) is -0.316. The quantitative estimate of drug-likeness (QED) is 0.673. The topological polar surface area (TPSA) is 124 Å². The second-order valence-electron chi connectivity index (χ2n) is 7.74. The molecule has 0 saturated carbocycles. The van der Waals surface area contributed by atoms with Gasteiger partial charge in [-0.2, -0.15) is 4.31 Å². The van der Waals surface area contributed by atoms with Crippen molar-refractivity contribution in [2.45, 2.75) is 51.9 Å². The van der Waals surface area contributed by atoms with Crippen molar-refractivity contribution in [1.29, 1.82) is 0 Å². The van der Waals surface area contributed by atoms with E-state index >= 15 is 0 Å². The van der Waals surface area contributed by atoms with Gasteiger partial charge in [-0.1, -0.05) is 11.6 Å². The highest BCUT2D eigenvalue weighted by Gasteiger charge is 2.36. The molecule has 1 fully saturated rings. The van der Waals surface area contributed by atoms with Crippen LogP contribution in [0.3, 0.4) is 0 Å². The van der Waals surface area contributed by atoms with Crippen molar-refractivity contribution >= 4 is 15.9 Å². The SMILES string of the molecule is COCc1c(C(=O)N2CCn3c(nnc3C3CCCCN3S(C)(=O)=O)C2)noc1C. The molecule has 2 aromatic heterocycles. The molecule has 30 heavy (non-hydrogen) atoms. The first-order valence-corrected chi connectivity index (χ1v) is 11.8. The van der Waals surface area contributed by atoms with Crippen LogP contribution >= 0.6 is 0 Å². The highest BCUT2D eigenvalue weighted by Crippen LogP contribution is 2.33. The number of hydrogen-bond acceptors (Lipinski definition) is 8. The molecule has 164 valence electrons. The fraction of sp³-hybridized carbons (Fsp3) is 0.667. The number of piperidine rings is 1. The van der Waals surface area contributed by atoms with Gasteiger partial charge in [0, 0.05) is 26.7 Å². The van der Waals surface area contributed by atoms with E-state index in [1.54, 1.807) is 18.9 Å². The smallest absolute Gasteiger partial charge is 0.276 e. The summed E-state index contributed by atoms with van der Waals surface area (Å²) in [6.07, 6.45) is 3.73. The minimum atomic E-state index is -3.34. The minimum absolute atomic E-state index is 0.244. The van der Waals surface area contributed by atoms with E-state index in [1.165, 1.54) is 10.6 Å². The van der Waals surface area contributed by atoms with Gasteiger partial charge in [-0.15, -0.1) is 10.2 Å². The number of aromatic nitrogens is 4. The third kappa shape index (κ3) is 3.74. The summed E-state index contributed by atoms with van der Waals surface area (Å²) in [4.78, 5) is 14.7. The molecule has 1 amide bonds. The van der Waals surface area contributed by atoms with Gasteiger partial charge in [0.2, 0.25) is 10.0 Å². The second-order valence-corrected chi connectivity index (χ2v) is 9.67. The molecule has 1 saturated heterocycles. The molecule has 2 aliphatic heterocycles. The number of methoxy groups -OCH3 is 1. The number of rotatable bonds is 5. The summed E-state index contributed by atoms with van der Waals surface area (Å²) in [6.45, 7) is 3.69. The fourth-order valence-electron chi connectivity index (χ4n) is 4.18. The zero-order chi connectivity index (χ0) is 21.5. The van der Waals surface area contributed by atoms with Crippen LogP contribution in [-0.2, 0) is 34.5 Å². The number of carbonyl (C=O) groups is 1. The Morgan fingerprint density at radius 3 is 2.77 bits per heavy atom. The summed E-state index contributed by atoms with van der Waals surface area (Å²) in [5.74, 6) is 1.60. The Bertz CT molecular complexity index is 1050. The molecule has 4 rings (SSSR count). The fourth-order valence-corrected chi connectivity index (χ4v) is 5.31. The second kappa shape index (κ2) is 8.08. The lowest BCUT2D eigenvalue weighted by Gasteiger charge is -2.34. The van der Waals surface area contributed by atoms with Gasteiger partial charge in [0.15, 0.2) is 17.3 Å². The summed E-state index contributed by atoms with van der Waals surface area (Å²) in [7, 11) is -1.79. The van der Waals surface area contributed by atoms with Gasteiger partial charge in [0.05, 0.1) is 31.0 Å². The molecular weight excluding hydrogens is 412 g/mol. The van der Waals surface area contributed by atoms with Crippen LogP contribution in [0.4, 0.5) is 0 Å². The van der Waals surface area contributed by atoms with Gasteiger partial charge in [0.25, 0.3) is 5.91 Å². The van der Waals surface area contributed by atoms with E-state index < -0.39 is 10.0 Å². The number of carbonyl (C=O) groups excluding carboxylic acids is 1. The summed E-state index contributed by atoms with van der Waals surface area (Å²) >= 11 is 0. The molecule has 12 heteroatoms. The number of aryl methyl sites for hydroxylation is 1. The summed E-state index contributed by atoms with van der Waals surface area (Å²) < 4.78 is 38.3. The molecule has 4 heterocycles. The lowest BCUT2D eigenvalue weighted by Crippen LogP contribution is -2.42. The maximum atomic E-state index is 13.0. The highest BCUT2D eigenvalue weighted by molar-refractivity contribution is 7.88. The van der Waals surface area contributed by atoms with Crippen molar-refractivity contribution in [3.05, 3.63) is 28.7 Å². The van der Waals surface area contributed by atoms with E-state index in [-0.39, 0.29) is 30.8 Å². The third-order valence-electron chi connectivity index (χ3n) is 5.72. The zero-order valence-corrected chi connectivity index (χ0v) is 18.2. The summed E-state index contributed by atoms with van der Waals surface area (Å²) in [5.41, 5.74) is 0.888. The van der Waals surface area contributed by atoms with Crippen LogP contribution in [0, 0.1) is 6.92 Å². The minimum Gasteiger partial charge on any atom is -0.380 e. The lowest BCUT2D eigenvalue weighted by atomic mass is 10.0. The van der Waals surface area contributed by atoms with Crippen LogP contribution < -0.4 is 0 Å². The van der Waals surface area contributed by atoms with Gasteiger partial charge >= 0.3 is 0 Å². The number of sulfonamides is 1. The Morgan fingerprint density at radius 2 is 2.03 bits per heavy atom. The molecule has 0 spiro atoms. The standard InChI is InChI=1S/C18H26N6O5S/c1-12-13(11-28-2)16(21-29-12)18(25)22-8-9-23-15(10-22)19-20-17(23)14-6-4-5-7-24(14)30(3,26)27/h14H,4-11H2,1-3H3. The first kappa shape index (κ1) is 20.9. The monoisotopic (exact) mass is 438 g/mol. The van der Waals surface area contributed by atoms with Crippen molar-refractivity contribution in [2.24, 2.45) is 0 Å². The maximum absolute atomic E-state index is 13.0. The maximum Gasteiger partial charge on any atom is 0.276 e. The largest absolute Gasteiger partial charge is 0.380 e. The number of fused-ring (bicyclic) bond motifs is 1. The molecule has 1 unspecified atom stereocenters. The number of hydrogen-bond donors (Lipinski definition) is 0. The molecule has 0 N–H and O–H groups in total. The molecule has 0 radical (unpaired) electrons. The van der Waals surface area contributed by atoms with Crippen molar-refractivity contribution in [3.63, 3.8) is 0 Å². The average Bonchev–Trinajstić information content (AvgIpc) is 3.30. The van der Waals surface area contributed by atoms with E-state index in [0.29, 0.717) is 49.0 Å². The van der Waals surface area contributed by atoms with Crippen molar-refractivity contribution in [2.75, 3.05) is 26.5 Å². The van der Waals surface area contributed by atoms with Crippen LogP contribution in [-0.4, -0.2) is 69.9 Å². The van der Waals surface area contributed by atoms with Gasteiger partial charge in [-0.05, 0) is 19.8 Å². The Labute approximate surface area is 175 Å². The van der Waals surface area contributed by atoms with Gasteiger partial charge in [-0.3, -0.25) is 4.79 Å². The van der Waals surface area contributed by atoms with E-state index in [9.17, 15) is 13.2 Å². The van der Waals surface area contributed by atoms with Gasteiger partial charge in [0.1, 0.15) is 5.76 Å². The van der Waals surface area contributed by atoms with Crippen LogP contribution in [0.2, 0.25) is 0 Å². The lowest BCUT2D eigenvalue weighted by molar-refractivity contribution is 0.0690. The third-order valence-corrected chi connectivity index (χ3v) is 7.01. The molecule has 2 aromatic rings. The Hall–Kier alpha value is -2.31. The molecule has 0 aromatic carbocycles. The van der Waals surface area contributed by atoms with Crippen molar-refractivity contribution in [3.8, 4) is 0 Å². The summed E-state index contributed by atoms with van der Waals surface area (Å²) in [5, 5.41) is 12.5. The number of ether oxygens (including phenoxy) is 1. The predicted octanol–water partition coefficient (Wildman–Crippen LogP) is 0.864. The molecule has 0 bridgehead atoms. The van der Waals surface area contributed by atoms with Crippen molar-refractivity contribution in [1.82, 2.24) is 29.1 Å². The average molecular weight is 439 g/mol. The Balaban J connectivity index is 1.57. The van der Waals surface area contributed by atoms with Crippen molar-refractivity contribution < 1.29 is 22.5 Å². The van der Waals surface area contributed by atoms with Crippen LogP contribution in [0.25, 0.3) is 0 Å². The first-order chi connectivity index (χ1) is 14.3. The first-order valence-electron chi connectivity index (χ1n) is 9.93. The molecule has 2 aliphatic rings. The molecule has 0 aliphatic carbocycles. The number of nitrogens with zero attached hydrogens (tertiary/aromatic N) is 6. The van der Waals surface area contributed by atoms with Crippen LogP contribution in [0.1, 0.15) is 58.8 Å². The molecule has 1 atom stereocenters. The van der Waals surface area contributed by atoms with Gasteiger partial charge in [-0.25, -0.2) is 8.42 Å². The van der Waals surface area contributed by atoms with E-state index in [0.717, 1.165) is 12.8 Å².